The number of carbonyl (C=O) groups is 1. The van der Waals surface area contributed by atoms with Gasteiger partial charge in [-0.3, -0.25) is 4.79 Å². The van der Waals surface area contributed by atoms with Crippen LogP contribution in [0.15, 0.2) is 41.9 Å². The first-order valence-electron chi connectivity index (χ1n) is 10.9. The quantitative estimate of drug-likeness (QED) is 0.683. The maximum Gasteiger partial charge on any atom is 0.417 e. The van der Waals surface area contributed by atoms with Gasteiger partial charge in [0, 0.05) is 24.7 Å². The number of pyridine rings is 1. The maximum atomic E-state index is 14.3. The molecule has 2 aliphatic carbocycles. The van der Waals surface area contributed by atoms with E-state index in [1.807, 2.05) is 6.92 Å². The van der Waals surface area contributed by atoms with E-state index in [-0.39, 0.29) is 17.4 Å². The maximum absolute atomic E-state index is 14.3. The fourth-order valence-electron chi connectivity index (χ4n) is 5.57. The second kappa shape index (κ2) is 7.03. The number of piperidine rings is 1. The first kappa shape index (κ1) is 21.1. The van der Waals surface area contributed by atoms with Crippen LogP contribution < -0.4 is 10.1 Å². The Morgan fingerprint density at radius 1 is 1.26 bits per heavy atom. The van der Waals surface area contributed by atoms with Gasteiger partial charge in [-0.05, 0) is 37.8 Å². The number of hydrogen-bond donors (Lipinski definition) is 1. The molecule has 2 aromatic heterocycles. The summed E-state index contributed by atoms with van der Waals surface area (Å²) in [6, 6.07) is 0.0763. The van der Waals surface area contributed by atoms with Crippen molar-refractivity contribution in [2.45, 2.75) is 38.1 Å². The van der Waals surface area contributed by atoms with Gasteiger partial charge in [0.15, 0.2) is 11.6 Å². The molecule has 6 rings (SSSR count). The summed E-state index contributed by atoms with van der Waals surface area (Å²) in [6.45, 7) is 3.00. The van der Waals surface area contributed by atoms with Crippen LogP contribution in [0.1, 0.15) is 25.3 Å². The number of nitrogens with zero attached hydrogens (tertiary/aromatic N) is 5. The highest BCUT2D eigenvalue weighted by Gasteiger charge is 2.76. The average molecular weight is 476 g/mol. The fourth-order valence-corrected chi connectivity index (χ4v) is 5.57. The van der Waals surface area contributed by atoms with E-state index in [0.717, 1.165) is 12.0 Å². The van der Waals surface area contributed by atoms with Gasteiger partial charge in [-0.15, -0.1) is 4.80 Å². The number of halogens is 4. The van der Waals surface area contributed by atoms with Crippen molar-refractivity contribution in [2.75, 3.05) is 13.1 Å². The molecule has 2 saturated carbocycles. The molecule has 12 heteroatoms. The predicted octanol–water partition coefficient (Wildman–Crippen LogP) is 2.62. The third kappa shape index (κ3) is 3.11. The van der Waals surface area contributed by atoms with Gasteiger partial charge < -0.3 is 15.0 Å². The van der Waals surface area contributed by atoms with Crippen LogP contribution >= 0.6 is 0 Å². The standard InChI is InChI=1S/C22H20F4N6O2/c1-11-4-14(18(27-8-11)32-29-2-3-30-32)20(33)31-10-13-6-21(13)7-16(17(21)31)34-19-15(23)5-12(9-28-19)22(24,25)26/h2-5,9,13,16-17,27H,6-8,10H2,1H3. The molecule has 178 valence electrons. The van der Waals surface area contributed by atoms with Gasteiger partial charge in [0.25, 0.3) is 11.8 Å². The summed E-state index contributed by atoms with van der Waals surface area (Å²) in [4.78, 5) is 20.3. The molecule has 4 heterocycles. The van der Waals surface area contributed by atoms with Crippen LogP contribution in [-0.4, -0.2) is 56.0 Å². The van der Waals surface area contributed by atoms with Gasteiger partial charge in [-0.25, -0.2) is 9.37 Å². The van der Waals surface area contributed by atoms with E-state index >= 15 is 0 Å². The van der Waals surface area contributed by atoms with Crippen LogP contribution in [0.4, 0.5) is 17.6 Å². The van der Waals surface area contributed by atoms with Crippen molar-refractivity contribution in [1.29, 1.82) is 0 Å². The Balaban J connectivity index is 1.27. The number of alkyl halides is 3. The van der Waals surface area contributed by atoms with Crippen molar-refractivity contribution in [1.82, 2.24) is 30.2 Å². The van der Waals surface area contributed by atoms with Crippen LogP contribution in [0, 0.1) is 17.2 Å². The van der Waals surface area contributed by atoms with E-state index in [1.165, 1.54) is 17.2 Å². The zero-order chi connectivity index (χ0) is 23.8. The van der Waals surface area contributed by atoms with E-state index in [0.29, 0.717) is 49.1 Å². The Labute approximate surface area is 191 Å². The Morgan fingerprint density at radius 2 is 2.03 bits per heavy atom. The van der Waals surface area contributed by atoms with Crippen molar-refractivity contribution in [2.24, 2.45) is 11.3 Å². The highest BCUT2D eigenvalue weighted by molar-refractivity contribution is 6.02. The number of amides is 1. The molecule has 1 saturated heterocycles. The third-order valence-corrected chi connectivity index (χ3v) is 7.24. The Kier molecular flexibility index (Phi) is 4.37. The molecule has 1 amide bonds. The summed E-state index contributed by atoms with van der Waals surface area (Å²) in [5, 5.41) is 11.4. The fraction of sp³-hybridized carbons (Fsp3) is 0.455. The Bertz CT molecular complexity index is 1240. The molecule has 4 unspecified atom stereocenters. The van der Waals surface area contributed by atoms with Crippen molar-refractivity contribution in [3.63, 3.8) is 0 Å². The molecule has 1 N–H and O–H groups in total. The average Bonchev–Trinajstić information content (AvgIpc) is 3.14. The first-order valence-corrected chi connectivity index (χ1v) is 10.9. The van der Waals surface area contributed by atoms with Crippen molar-refractivity contribution in [3.05, 3.63) is 53.3 Å². The molecule has 4 aliphatic rings. The number of nitrogens with one attached hydrogen (secondary N) is 1. The minimum absolute atomic E-state index is 0.0752. The summed E-state index contributed by atoms with van der Waals surface area (Å²) in [5.74, 6) is -1.07. The summed E-state index contributed by atoms with van der Waals surface area (Å²) in [6.07, 6.45) is 1.70. The van der Waals surface area contributed by atoms with Gasteiger partial charge in [-0.1, -0.05) is 5.57 Å². The first-order chi connectivity index (χ1) is 16.2. The lowest BCUT2D eigenvalue weighted by Gasteiger charge is -2.47. The number of carbonyl (C=O) groups excluding carboxylic acids is 1. The van der Waals surface area contributed by atoms with Gasteiger partial charge in [0.1, 0.15) is 6.10 Å². The zero-order valence-electron chi connectivity index (χ0n) is 18.0. The number of likely N-dealkylation sites (tertiary alicyclic amines) is 1. The second-order valence-corrected chi connectivity index (χ2v) is 9.33. The Hall–Kier alpha value is -3.44. The Morgan fingerprint density at radius 3 is 2.74 bits per heavy atom. The molecule has 0 radical (unpaired) electrons. The van der Waals surface area contributed by atoms with E-state index in [4.69, 9.17) is 4.74 Å². The molecule has 1 spiro atoms. The molecule has 8 nitrogen and oxygen atoms in total. The molecule has 3 fully saturated rings. The largest absolute Gasteiger partial charge is 0.470 e. The number of ether oxygens (including phenoxy) is 1. The van der Waals surface area contributed by atoms with Crippen molar-refractivity contribution < 1.29 is 27.1 Å². The van der Waals surface area contributed by atoms with Gasteiger partial charge >= 0.3 is 6.18 Å². The molecule has 4 atom stereocenters. The lowest BCUT2D eigenvalue weighted by molar-refractivity contribution is -0.139. The molecule has 0 aromatic carbocycles. The minimum Gasteiger partial charge on any atom is -0.470 e. The molecule has 34 heavy (non-hydrogen) atoms. The topological polar surface area (TPSA) is 85.2 Å². The summed E-state index contributed by atoms with van der Waals surface area (Å²) in [5.41, 5.74) is 0.131. The van der Waals surface area contributed by atoms with Crippen molar-refractivity contribution in [3.8, 4) is 5.88 Å². The minimum atomic E-state index is -4.70. The molecule has 0 bridgehead atoms. The van der Waals surface area contributed by atoms with Crippen LogP contribution in [0.25, 0.3) is 5.82 Å². The second-order valence-electron chi connectivity index (χ2n) is 9.33. The molecule has 2 aromatic rings. The lowest BCUT2D eigenvalue weighted by Crippen LogP contribution is -2.59. The monoisotopic (exact) mass is 476 g/mol. The van der Waals surface area contributed by atoms with Crippen LogP contribution in [-0.2, 0) is 11.0 Å². The summed E-state index contributed by atoms with van der Waals surface area (Å²) in [7, 11) is 0. The number of hydrogen-bond acceptors (Lipinski definition) is 6. The normalized spacial score (nSPS) is 29.6. The number of dihydropyridines is 1. The molecular formula is C22H20F4N6O2. The van der Waals surface area contributed by atoms with Crippen LogP contribution in [0.5, 0.6) is 5.88 Å². The number of aromatic nitrogens is 4. The lowest BCUT2D eigenvalue weighted by atomic mass is 9.73. The molecular weight excluding hydrogens is 456 g/mol. The molecule has 2 aliphatic heterocycles. The predicted molar refractivity (Wildman–Crippen MR) is 109 cm³/mol. The highest BCUT2D eigenvalue weighted by Crippen LogP contribution is 2.71. The smallest absolute Gasteiger partial charge is 0.417 e. The van der Waals surface area contributed by atoms with E-state index in [1.54, 1.807) is 11.0 Å². The third-order valence-electron chi connectivity index (χ3n) is 7.24. The van der Waals surface area contributed by atoms with Crippen LogP contribution in [0.2, 0.25) is 0 Å². The van der Waals surface area contributed by atoms with E-state index in [2.05, 4.69) is 20.5 Å². The zero-order valence-corrected chi connectivity index (χ0v) is 18.0. The van der Waals surface area contributed by atoms with Gasteiger partial charge in [0.2, 0.25) is 0 Å². The van der Waals surface area contributed by atoms with E-state index < -0.39 is 29.5 Å². The summed E-state index contributed by atoms with van der Waals surface area (Å²) < 4.78 is 58.6. The highest BCUT2D eigenvalue weighted by atomic mass is 19.4. The van der Waals surface area contributed by atoms with E-state index in [9.17, 15) is 22.4 Å². The number of rotatable bonds is 4. The van der Waals surface area contributed by atoms with Gasteiger partial charge in [0.05, 0.1) is 29.6 Å². The van der Waals surface area contributed by atoms with Crippen molar-refractivity contribution >= 4 is 11.7 Å². The SMILES string of the molecule is CC1=CC(C(=O)N2CC3CC34CC(Oc3ncc(C(F)(F)F)cc3F)C24)=C(n2nccn2)NC1. The van der Waals surface area contributed by atoms with Gasteiger partial charge in [-0.2, -0.15) is 23.4 Å². The van der Waals surface area contributed by atoms with Crippen LogP contribution in [0.3, 0.4) is 0 Å². The summed E-state index contributed by atoms with van der Waals surface area (Å²) >= 11 is 0.